The molecule has 0 radical (unpaired) electrons. The van der Waals surface area contributed by atoms with Gasteiger partial charge in [0.15, 0.2) is 10.9 Å². The minimum atomic E-state index is -4.88. The molecule has 236 valence electrons. The number of nitrogens with one attached hydrogen (secondary N) is 2. The Kier molecular flexibility index (Phi) is 10.0. The van der Waals surface area contributed by atoms with Crippen LogP contribution in [0.5, 0.6) is 5.75 Å². The number of aliphatic carboxylic acids is 1. The molecule has 1 atom stereocenters. The number of carbonyl (C=O) groups is 3. The molecule has 0 spiro atoms. The van der Waals surface area contributed by atoms with Crippen molar-refractivity contribution in [1.82, 2.24) is 10.3 Å². The Balaban J connectivity index is 1.37. The Morgan fingerprint density at radius 2 is 1.69 bits per heavy atom. The highest BCUT2D eigenvalue weighted by atomic mass is 32.1. The van der Waals surface area contributed by atoms with E-state index < -0.39 is 29.9 Å². The predicted octanol–water partition coefficient (Wildman–Crippen LogP) is 7.41. The summed E-state index contributed by atoms with van der Waals surface area (Å²) in [4.78, 5) is 41.1. The summed E-state index contributed by atoms with van der Waals surface area (Å²) in [6.07, 6.45) is 1.12. The van der Waals surface area contributed by atoms with Gasteiger partial charge in [0.05, 0.1) is 17.0 Å². The second-order valence-corrected chi connectivity index (χ2v) is 12.0. The van der Waals surface area contributed by atoms with Crippen LogP contribution >= 0.6 is 11.3 Å². The van der Waals surface area contributed by atoms with Gasteiger partial charge in [0.1, 0.15) is 5.52 Å². The first-order valence-electron chi connectivity index (χ1n) is 14.7. The van der Waals surface area contributed by atoms with Crippen molar-refractivity contribution in [3.63, 3.8) is 0 Å². The predicted molar refractivity (Wildman–Crippen MR) is 165 cm³/mol. The third-order valence-corrected chi connectivity index (χ3v) is 8.79. The fourth-order valence-electron chi connectivity index (χ4n) is 5.59. The van der Waals surface area contributed by atoms with E-state index in [-0.39, 0.29) is 35.9 Å². The summed E-state index contributed by atoms with van der Waals surface area (Å²) in [6.45, 7) is 0.00457. The van der Waals surface area contributed by atoms with Gasteiger partial charge in [-0.15, -0.1) is 13.2 Å². The molecule has 0 saturated heterocycles. The molecule has 1 heterocycles. The summed E-state index contributed by atoms with van der Waals surface area (Å²) >= 11 is 1.05. The number of rotatable bonds is 11. The fraction of sp³-hybridized carbons (Fsp3) is 0.333. The zero-order chi connectivity index (χ0) is 32.0. The third kappa shape index (κ3) is 8.59. The average molecular weight is 640 g/mol. The lowest BCUT2D eigenvalue weighted by atomic mass is 9.83. The molecule has 1 fully saturated rings. The van der Waals surface area contributed by atoms with E-state index in [1.807, 2.05) is 12.1 Å². The standard InChI is InChI=1S/C33H32F3N3O5S/c34-33(35,36)44-26-7-4-8-27-29(26)38-32(45-27)39-31(43)25(23-15-13-22(14-16-23)21-5-2-1-3-6-21)19-20-9-11-24(12-10-20)30(42)37-18-17-28(40)41/h4,7-16,21,25H,1-3,5-6,17-19H2,(H,37,42)(H,40,41)(H,38,39,43). The van der Waals surface area contributed by atoms with Gasteiger partial charge in [-0.3, -0.25) is 14.4 Å². The molecule has 1 saturated carbocycles. The molecule has 1 aliphatic carbocycles. The lowest BCUT2D eigenvalue weighted by Crippen LogP contribution is -2.26. The van der Waals surface area contributed by atoms with E-state index in [2.05, 4.69) is 32.5 Å². The minimum absolute atomic E-state index is 0.000676. The van der Waals surface area contributed by atoms with Crippen LogP contribution < -0.4 is 15.4 Å². The van der Waals surface area contributed by atoms with E-state index in [9.17, 15) is 27.6 Å². The Morgan fingerprint density at radius 3 is 2.36 bits per heavy atom. The average Bonchev–Trinajstić information content (AvgIpc) is 3.43. The van der Waals surface area contributed by atoms with Crippen molar-refractivity contribution in [2.45, 2.75) is 63.1 Å². The Labute approximate surface area is 261 Å². The number of hydrogen-bond acceptors (Lipinski definition) is 6. The molecular formula is C33H32F3N3O5S. The van der Waals surface area contributed by atoms with Crippen LogP contribution in [0.15, 0.2) is 66.7 Å². The molecule has 1 aromatic heterocycles. The first-order chi connectivity index (χ1) is 21.6. The van der Waals surface area contributed by atoms with Gasteiger partial charge in [-0.05, 0) is 66.1 Å². The first-order valence-corrected chi connectivity index (χ1v) is 15.5. The molecule has 1 aliphatic rings. The number of para-hydroxylation sites is 1. The normalized spacial score (nSPS) is 14.6. The molecule has 3 aromatic carbocycles. The number of benzene rings is 3. The monoisotopic (exact) mass is 639 g/mol. The fourth-order valence-corrected chi connectivity index (χ4v) is 6.47. The van der Waals surface area contributed by atoms with Gasteiger partial charge in [-0.25, -0.2) is 4.98 Å². The van der Waals surface area contributed by atoms with E-state index in [1.165, 1.54) is 37.0 Å². The van der Waals surface area contributed by atoms with Crippen LogP contribution in [-0.2, 0) is 16.0 Å². The summed E-state index contributed by atoms with van der Waals surface area (Å²) in [7, 11) is 0. The molecule has 45 heavy (non-hydrogen) atoms. The minimum Gasteiger partial charge on any atom is -0.481 e. The van der Waals surface area contributed by atoms with E-state index in [0.29, 0.717) is 16.2 Å². The van der Waals surface area contributed by atoms with Gasteiger partial charge in [-0.1, -0.05) is 73.1 Å². The number of nitrogens with zero attached hydrogens (tertiary/aromatic N) is 1. The van der Waals surface area contributed by atoms with Gasteiger partial charge in [-0.2, -0.15) is 0 Å². The second kappa shape index (κ2) is 14.1. The summed E-state index contributed by atoms with van der Waals surface area (Å²) < 4.78 is 43.3. The molecule has 1 unspecified atom stereocenters. The van der Waals surface area contributed by atoms with Crippen LogP contribution in [0.25, 0.3) is 10.2 Å². The van der Waals surface area contributed by atoms with E-state index in [1.54, 1.807) is 30.3 Å². The van der Waals surface area contributed by atoms with Crippen LogP contribution in [-0.4, -0.2) is 40.8 Å². The summed E-state index contributed by atoms with van der Waals surface area (Å²) in [5.74, 6) is -2.42. The number of amides is 2. The number of hydrogen-bond donors (Lipinski definition) is 3. The molecule has 2 amide bonds. The first kappa shape index (κ1) is 32.0. The van der Waals surface area contributed by atoms with Crippen LogP contribution in [0.2, 0.25) is 0 Å². The molecular weight excluding hydrogens is 607 g/mol. The number of halogens is 3. The van der Waals surface area contributed by atoms with Crippen molar-refractivity contribution in [2.75, 3.05) is 11.9 Å². The van der Waals surface area contributed by atoms with Crippen LogP contribution in [0.3, 0.4) is 0 Å². The molecule has 0 bridgehead atoms. The number of carbonyl (C=O) groups excluding carboxylic acids is 2. The number of alkyl halides is 3. The van der Waals surface area contributed by atoms with Crippen LogP contribution in [0, 0.1) is 0 Å². The Morgan fingerprint density at radius 1 is 0.978 bits per heavy atom. The second-order valence-electron chi connectivity index (χ2n) is 11.0. The van der Waals surface area contributed by atoms with Crippen molar-refractivity contribution in [3.8, 4) is 5.75 Å². The van der Waals surface area contributed by atoms with Crippen LogP contribution in [0.4, 0.5) is 18.3 Å². The highest BCUT2D eigenvalue weighted by Gasteiger charge is 2.32. The molecule has 12 heteroatoms. The topological polar surface area (TPSA) is 118 Å². The Hall–Kier alpha value is -4.45. The molecule has 3 N–H and O–H groups in total. The van der Waals surface area contributed by atoms with Gasteiger partial charge < -0.3 is 20.5 Å². The number of thiazole rings is 1. The number of ether oxygens (including phenoxy) is 1. The van der Waals surface area contributed by atoms with Crippen molar-refractivity contribution in [2.24, 2.45) is 0 Å². The van der Waals surface area contributed by atoms with Crippen molar-refractivity contribution < 1.29 is 37.4 Å². The molecule has 8 nitrogen and oxygen atoms in total. The quantitative estimate of drug-likeness (QED) is 0.157. The van der Waals surface area contributed by atoms with E-state index in [0.717, 1.165) is 35.3 Å². The van der Waals surface area contributed by atoms with Gasteiger partial charge in [0, 0.05) is 12.1 Å². The van der Waals surface area contributed by atoms with E-state index in [4.69, 9.17) is 5.11 Å². The highest BCUT2D eigenvalue weighted by molar-refractivity contribution is 7.22. The smallest absolute Gasteiger partial charge is 0.481 e. The maximum absolute atomic E-state index is 13.8. The number of anilines is 1. The number of aromatic nitrogens is 1. The number of fused-ring (bicyclic) bond motifs is 1. The Bertz CT molecular complexity index is 1650. The van der Waals surface area contributed by atoms with Crippen molar-refractivity contribution in [3.05, 3.63) is 89.0 Å². The lowest BCUT2D eigenvalue weighted by molar-refractivity contribution is -0.274. The van der Waals surface area contributed by atoms with Gasteiger partial charge in [0.25, 0.3) is 5.91 Å². The molecule has 5 rings (SSSR count). The van der Waals surface area contributed by atoms with Gasteiger partial charge >= 0.3 is 12.3 Å². The third-order valence-electron chi connectivity index (χ3n) is 7.85. The molecule has 0 aliphatic heterocycles. The van der Waals surface area contributed by atoms with Crippen molar-refractivity contribution in [1.29, 1.82) is 0 Å². The maximum Gasteiger partial charge on any atom is 0.573 e. The SMILES string of the molecule is O=C(O)CCNC(=O)c1ccc(CC(C(=O)Nc2nc3c(OC(F)(F)F)cccc3s2)c2ccc(C3CCCCC3)cc2)cc1. The maximum atomic E-state index is 13.8. The summed E-state index contributed by atoms with van der Waals surface area (Å²) in [5, 5.41) is 14.3. The zero-order valence-corrected chi connectivity index (χ0v) is 25.0. The summed E-state index contributed by atoms with van der Waals surface area (Å²) in [5.41, 5.74) is 3.14. The molecule has 4 aromatic rings. The number of carboxylic acids is 1. The van der Waals surface area contributed by atoms with Crippen LogP contribution in [0.1, 0.15) is 77.4 Å². The lowest BCUT2D eigenvalue weighted by Gasteiger charge is -2.23. The largest absolute Gasteiger partial charge is 0.573 e. The highest BCUT2D eigenvalue weighted by Crippen LogP contribution is 2.36. The number of carboxylic acid groups (broad SMARTS) is 1. The van der Waals surface area contributed by atoms with Crippen molar-refractivity contribution >= 4 is 44.5 Å². The zero-order valence-electron chi connectivity index (χ0n) is 24.2. The summed E-state index contributed by atoms with van der Waals surface area (Å²) in [6, 6.07) is 18.9. The van der Waals surface area contributed by atoms with E-state index >= 15 is 0 Å². The van der Waals surface area contributed by atoms with Gasteiger partial charge in [0.2, 0.25) is 5.91 Å².